The lowest BCUT2D eigenvalue weighted by Crippen LogP contribution is -2.71. The predicted molar refractivity (Wildman–Crippen MR) is 104 cm³/mol. The van der Waals surface area contributed by atoms with Gasteiger partial charge in [0.2, 0.25) is 0 Å². The second kappa shape index (κ2) is 8.68. The van der Waals surface area contributed by atoms with Crippen molar-refractivity contribution < 1.29 is 23.8 Å². The van der Waals surface area contributed by atoms with E-state index in [9.17, 15) is 9.59 Å². The van der Waals surface area contributed by atoms with Crippen LogP contribution in [0, 0.1) is 12.8 Å². The molecule has 0 atom stereocenters. The average molecular weight is 411 g/mol. The molecule has 1 heterocycles. The Morgan fingerprint density at radius 1 is 1.32 bits per heavy atom. The highest BCUT2D eigenvalue weighted by Gasteiger charge is 2.45. The van der Waals surface area contributed by atoms with E-state index in [-0.39, 0.29) is 24.8 Å². The Labute approximate surface area is 170 Å². The van der Waals surface area contributed by atoms with Gasteiger partial charge in [0.05, 0.1) is 18.8 Å². The molecular formula is C20H27ClN2O5. The molecule has 2 aliphatic rings. The molecule has 1 amide bonds. The van der Waals surface area contributed by atoms with E-state index in [1.807, 2.05) is 25.1 Å². The summed E-state index contributed by atoms with van der Waals surface area (Å²) in [5.41, 5.74) is 7.52. The molecule has 154 valence electrons. The number of carbonyl (C=O) groups excluding carboxylic acids is 2. The van der Waals surface area contributed by atoms with Crippen LogP contribution >= 0.6 is 11.6 Å². The molecule has 28 heavy (non-hydrogen) atoms. The second-order valence-corrected chi connectivity index (χ2v) is 8.35. The third kappa shape index (κ3) is 5.37. The van der Waals surface area contributed by atoms with Crippen molar-refractivity contribution in [2.45, 2.75) is 44.9 Å². The molecule has 0 spiro atoms. The minimum absolute atomic E-state index is 0.0693. The number of amides is 1. The highest BCUT2D eigenvalue weighted by Crippen LogP contribution is 2.32. The van der Waals surface area contributed by atoms with E-state index in [4.69, 9.17) is 31.5 Å². The van der Waals surface area contributed by atoms with E-state index >= 15 is 0 Å². The highest BCUT2D eigenvalue weighted by molar-refractivity contribution is 6.31. The fourth-order valence-corrected chi connectivity index (χ4v) is 3.56. The average Bonchev–Trinajstić information content (AvgIpc) is 2.58. The zero-order chi connectivity index (χ0) is 20.3. The van der Waals surface area contributed by atoms with Crippen molar-refractivity contribution in [3.63, 3.8) is 0 Å². The number of likely N-dealkylation sites (tertiary alicyclic amines) is 1. The quantitative estimate of drug-likeness (QED) is 0.695. The molecule has 1 aliphatic carbocycles. The number of nitrogens with two attached hydrogens (primary N) is 1. The summed E-state index contributed by atoms with van der Waals surface area (Å²) < 4.78 is 16.2. The third-order valence-corrected chi connectivity index (χ3v) is 5.56. The van der Waals surface area contributed by atoms with E-state index in [2.05, 4.69) is 0 Å². The van der Waals surface area contributed by atoms with E-state index in [0.717, 1.165) is 29.0 Å². The van der Waals surface area contributed by atoms with Gasteiger partial charge in [-0.3, -0.25) is 4.79 Å². The van der Waals surface area contributed by atoms with Crippen molar-refractivity contribution in [3.8, 4) is 0 Å². The lowest BCUT2D eigenvalue weighted by atomic mass is 9.83. The van der Waals surface area contributed by atoms with Crippen molar-refractivity contribution in [2.75, 3.05) is 26.3 Å². The number of halogens is 1. The fraction of sp³-hybridized carbons (Fsp3) is 0.600. The van der Waals surface area contributed by atoms with Crippen molar-refractivity contribution in [2.24, 2.45) is 11.7 Å². The summed E-state index contributed by atoms with van der Waals surface area (Å²) in [6.07, 6.45) is 1.19. The van der Waals surface area contributed by atoms with Crippen LogP contribution < -0.4 is 5.73 Å². The molecule has 1 aromatic carbocycles. The van der Waals surface area contributed by atoms with Gasteiger partial charge in [-0.05, 0) is 42.9 Å². The molecule has 0 aromatic heterocycles. The summed E-state index contributed by atoms with van der Waals surface area (Å²) in [4.78, 5) is 24.5. The Kier molecular flexibility index (Phi) is 6.47. The summed E-state index contributed by atoms with van der Waals surface area (Å²) in [6, 6.07) is 5.87. The smallest absolute Gasteiger partial charge is 0.410 e. The zero-order valence-corrected chi connectivity index (χ0v) is 17.0. The lowest BCUT2D eigenvalue weighted by Gasteiger charge is -2.47. The third-order valence-electron chi connectivity index (χ3n) is 5.14. The standard InChI is InChI=1S/C20H27ClN2O5/c1-13-5-15(3-4-18(13)21)8-26-9-16-6-17(7-16)28-19(25)23-10-20(22,11-23)12-27-14(2)24/h3-5,16-17H,6-12,22H2,1-2H3. The monoisotopic (exact) mass is 410 g/mol. The van der Waals surface area contributed by atoms with Crippen LogP contribution in [0.3, 0.4) is 0 Å². The summed E-state index contributed by atoms with van der Waals surface area (Å²) in [6.45, 7) is 5.28. The Morgan fingerprint density at radius 2 is 2.04 bits per heavy atom. The van der Waals surface area contributed by atoms with Crippen LogP contribution in [-0.4, -0.2) is 54.9 Å². The molecule has 8 heteroatoms. The van der Waals surface area contributed by atoms with E-state index in [1.54, 1.807) is 0 Å². The number of ether oxygens (including phenoxy) is 3. The van der Waals surface area contributed by atoms with Crippen LogP contribution in [0.5, 0.6) is 0 Å². The SMILES string of the molecule is CC(=O)OCC1(N)CN(C(=O)OC2CC(COCc3ccc(Cl)c(C)c3)C2)C1. The zero-order valence-electron chi connectivity index (χ0n) is 16.3. The van der Waals surface area contributed by atoms with Crippen molar-refractivity contribution >= 4 is 23.7 Å². The first-order valence-electron chi connectivity index (χ1n) is 9.45. The minimum atomic E-state index is -0.666. The van der Waals surface area contributed by atoms with Crippen LogP contribution in [0.4, 0.5) is 4.79 Å². The minimum Gasteiger partial charge on any atom is -0.464 e. The van der Waals surface area contributed by atoms with Gasteiger partial charge in [-0.15, -0.1) is 0 Å². The number of hydrogen-bond acceptors (Lipinski definition) is 6. The molecule has 1 saturated carbocycles. The van der Waals surface area contributed by atoms with E-state index in [0.29, 0.717) is 32.2 Å². The van der Waals surface area contributed by atoms with Gasteiger partial charge in [0, 0.05) is 25.0 Å². The summed E-state index contributed by atoms with van der Waals surface area (Å²) >= 11 is 6.02. The van der Waals surface area contributed by atoms with Gasteiger partial charge < -0.3 is 24.8 Å². The van der Waals surface area contributed by atoms with Crippen LogP contribution in [0.15, 0.2) is 18.2 Å². The molecule has 0 bridgehead atoms. The number of hydrogen-bond donors (Lipinski definition) is 1. The summed E-state index contributed by atoms with van der Waals surface area (Å²) in [7, 11) is 0. The van der Waals surface area contributed by atoms with Crippen molar-refractivity contribution in [1.82, 2.24) is 4.90 Å². The number of aryl methyl sites for hydroxylation is 1. The summed E-state index contributed by atoms with van der Waals surface area (Å²) in [5, 5.41) is 0.757. The van der Waals surface area contributed by atoms with Crippen LogP contribution in [0.25, 0.3) is 0 Å². The van der Waals surface area contributed by atoms with Gasteiger partial charge in [-0.25, -0.2) is 4.79 Å². The molecule has 7 nitrogen and oxygen atoms in total. The van der Waals surface area contributed by atoms with Crippen LogP contribution in [-0.2, 0) is 25.6 Å². The summed E-state index contributed by atoms with van der Waals surface area (Å²) in [5.74, 6) is 0.0277. The van der Waals surface area contributed by atoms with Crippen molar-refractivity contribution in [3.05, 3.63) is 34.3 Å². The molecule has 2 fully saturated rings. The van der Waals surface area contributed by atoms with Gasteiger partial charge in [0.25, 0.3) is 0 Å². The molecule has 1 saturated heterocycles. The van der Waals surface area contributed by atoms with E-state index < -0.39 is 5.54 Å². The lowest BCUT2D eigenvalue weighted by molar-refractivity contribution is -0.144. The molecule has 0 unspecified atom stereocenters. The van der Waals surface area contributed by atoms with Crippen LogP contribution in [0.2, 0.25) is 5.02 Å². The topological polar surface area (TPSA) is 91.1 Å². The van der Waals surface area contributed by atoms with Gasteiger partial charge in [0.15, 0.2) is 0 Å². The number of rotatable bonds is 7. The van der Waals surface area contributed by atoms with Gasteiger partial charge in [0.1, 0.15) is 12.7 Å². The Bertz CT molecular complexity index is 729. The van der Waals surface area contributed by atoms with E-state index in [1.165, 1.54) is 11.8 Å². The second-order valence-electron chi connectivity index (χ2n) is 7.94. The Hall–Kier alpha value is -1.83. The normalized spacial score (nSPS) is 22.8. The first-order chi connectivity index (χ1) is 13.2. The van der Waals surface area contributed by atoms with Gasteiger partial charge >= 0.3 is 12.1 Å². The number of benzene rings is 1. The number of carbonyl (C=O) groups is 2. The largest absolute Gasteiger partial charge is 0.464 e. The molecule has 3 rings (SSSR count). The van der Waals surface area contributed by atoms with Crippen molar-refractivity contribution in [1.29, 1.82) is 0 Å². The Balaban J connectivity index is 1.28. The first kappa shape index (κ1) is 20.9. The van der Waals surface area contributed by atoms with Gasteiger partial charge in [-0.2, -0.15) is 0 Å². The molecule has 0 radical (unpaired) electrons. The molecular weight excluding hydrogens is 384 g/mol. The molecule has 1 aromatic rings. The maximum absolute atomic E-state index is 12.1. The predicted octanol–water partition coefficient (Wildman–Crippen LogP) is 2.66. The van der Waals surface area contributed by atoms with Crippen LogP contribution in [0.1, 0.15) is 30.9 Å². The molecule has 1 aliphatic heterocycles. The first-order valence-corrected chi connectivity index (χ1v) is 9.82. The highest BCUT2D eigenvalue weighted by atomic mass is 35.5. The molecule has 2 N–H and O–H groups in total. The number of nitrogens with zero attached hydrogens (tertiary/aromatic N) is 1. The fourth-order valence-electron chi connectivity index (χ4n) is 3.44. The number of esters is 1. The maximum atomic E-state index is 12.1. The van der Waals surface area contributed by atoms with Gasteiger partial charge in [-0.1, -0.05) is 23.7 Å². The maximum Gasteiger partial charge on any atom is 0.410 e. The Morgan fingerprint density at radius 3 is 2.68 bits per heavy atom.